The van der Waals surface area contributed by atoms with E-state index in [1.54, 1.807) is 81.4 Å². The molecule has 115 heavy (non-hydrogen) atoms. The number of thioether (sulfide) groups is 1. The number of aldehydes is 1. The molecule has 2 aliphatic heterocycles. The number of amides is 15. The minimum absolute atomic E-state index is 0.0600. The number of benzene rings is 3. The number of carboxylic acid groups (broad SMARTS) is 1. The molecular weight excluding hydrogens is 1520 g/mol. The highest BCUT2D eigenvalue weighted by Gasteiger charge is 2.43. The van der Waals surface area contributed by atoms with Crippen molar-refractivity contribution in [3.05, 3.63) is 120 Å². The molecule has 0 bridgehead atoms. The van der Waals surface area contributed by atoms with Gasteiger partial charge in [0, 0.05) is 78.1 Å². The van der Waals surface area contributed by atoms with E-state index in [9.17, 15) is 92.0 Å². The van der Waals surface area contributed by atoms with Crippen LogP contribution in [0.4, 0.5) is 0 Å². The summed E-state index contributed by atoms with van der Waals surface area (Å²) in [6.45, 7) is 8.43. The first-order valence-electron chi connectivity index (χ1n) is 37.5. The van der Waals surface area contributed by atoms with Gasteiger partial charge in [0.2, 0.25) is 88.6 Å². The van der Waals surface area contributed by atoms with Gasteiger partial charge in [-0.2, -0.15) is 0 Å². The molecule has 0 saturated carbocycles. The quantitative estimate of drug-likeness (QED) is 0.0551. The van der Waals surface area contributed by atoms with Gasteiger partial charge in [0.1, 0.15) is 84.5 Å². The van der Waals surface area contributed by atoms with Gasteiger partial charge in [-0.15, -0.1) is 11.8 Å². The number of hydrogen-bond acceptors (Lipinski definition) is 21. The van der Waals surface area contributed by atoms with Crippen molar-refractivity contribution in [2.75, 3.05) is 59.3 Å². The third-order valence-electron chi connectivity index (χ3n) is 19.6. The molecule has 2 aliphatic rings. The van der Waals surface area contributed by atoms with Crippen LogP contribution in [0.15, 0.2) is 97.5 Å². The third kappa shape index (κ3) is 27.2. The molecule has 14 atom stereocenters. The Balaban J connectivity index is 1.33. The number of aromatic amines is 1. The molecule has 37 nitrogen and oxygen atoms in total. The summed E-state index contributed by atoms with van der Waals surface area (Å²) >= 11 is 0.869. The van der Waals surface area contributed by atoms with Crippen molar-refractivity contribution in [3.8, 4) is 5.75 Å². The maximum absolute atomic E-state index is 15.3. The van der Waals surface area contributed by atoms with Crippen LogP contribution in [0.2, 0.25) is 0 Å². The van der Waals surface area contributed by atoms with Gasteiger partial charge in [-0.05, 0) is 81.7 Å². The van der Waals surface area contributed by atoms with Gasteiger partial charge < -0.3 is 103 Å². The van der Waals surface area contributed by atoms with E-state index >= 15 is 4.79 Å². The van der Waals surface area contributed by atoms with Crippen molar-refractivity contribution in [2.24, 2.45) is 5.92 Å². The lowest BCUT2D eigenvalue weighted by Gasteiger charge is -2.36. The zero-order valence-electron chi connectivity index (χ0n) is 66.0. The van der Waals surface area contributed by atoms with Crippen LogP contribution in [0.25, 0.3) is 0 Å². The smallest absolute Gasteiger partial charge is 0.305 e. The van der Waals surface area contributed by atoms with Crippen molar-refractivity contribution in [1.82, 2.24) is 87.6 Å². The van der Waals surface area contributed by atoms with Crippen molar-refractivity contribution < 1.29 is 96.8 Å². The van der Waals surface area contributed by atoms with E-state index in [-0.39, 0.29) is 62.3 Å². The summed E-state index contributed by atoms with van der Waals surface area (Å²) in [4.78, 5) is 250. The number of nitrogens with zero attached hydrogens (tertiary/aromatic N) is 6. The normalized spacial score (nSPS) is 25.8. The molecule has 14 N–H and O–H groups in total. The summed E-state index contributed by atoms with van der Waals surface area (Å²) in [5.74, 6) is -16.3. The minimum Gasteiger partial charge on any atom is -0.508 e. The average Bonchev–Trinajstić information content (AvgIpc) is 1.47. The number of likely N-dealkylation sites (N-methyl/N-ethyl adjacent to an activating group) is 4. The molecule has 38 heteroatoms. The number of carboxylic acids is 1. The zero-order valence-corrected chi connectivity index (χ0v) is 66.9. The summed E-state index contributed by atoms with van der Waals surface area (Å²) < 4.78 is 0. The number of fused-ring (bicyclic) bond motifs is 1. The Hall–Kier alpha value is -11.8. The van der Waals surface area contributed by atoms with Crippen LogP contribution >= 0.6 is 11.8 Å². The van der Waals surface area contributed by atoms with Crippen molar-refractivity contribution in [1.29, 1.82) is 0 Å². The molecule has 2 saturated heterocycles. The van der Waals surface area contributed by atoms with Crippen LogP contribution in [0.1, 0.15) is 96.5 Å². The molecule has 6 rings (SSSR count). The third-order valence-corrected chi connectivity index (χ3v) is 20.6. The number of carbonyl (C=O) groups is 17. The van der Waals surface area contributed by atoms with E-state index in [0.717, 1.165) is 45.3 Å². The minimum atomic E-state index is -1.92. The van der Waals surface area contributed by atoms with Crippen LogP contribution in [-0.4, -0.2) is 295 Å². The van der Waals surface area contributed by atoms with E-state index in [1.165, 1.54) is 83.6 Å². The summed E-state index contributed by atoms with van der Waals surface area (Å²) in [5.41, 5.74) is 1.77. The number of aliphatic hydroxyl groups is 1. The number of imidazole rings is 1. The number of hydrogen-bond donors (Lipinski definition) is 14. The number of aromatic nitrogens is 2. The van der Waals surface area contributed by atoms with Crippen LogP contribution in [-0.2, 0) is 107 Å². The van der Waals surface area contributed by atoms with Gasteiger partial charge in [0.25, 0.3) is 0 Å². The highest BCUT2D eigenvalue weighted by molar-refractivity contribution is 8.00. The molecule has 3 heterocycles. The molecule has 0 aliphatic carbocycles. The molecule has 15 amide bonds. The second kappa shape index (κ2) is 44.0. The number of aromatic hydroxyl groups is 1. The van der Waals surface area contributed by atoms with Gasteiger partial charge in [-0.1, -0.05) is 93.6 Å². The first-order valence-corrected chi connectivity index (χ1v) is 38.7. The van der Waals surface area contributed by atoms with Crippen LogP contribution in [0.5, 0.6) is 5.75 Å². The first kappa shape index (κ1) is 92.0. The fourth-order valence-corrected chi connectivity index (χ4v) is 13.5. The standard InChI is InChI=1S/C77H105N17O20S/c1-12-53-68(105)89-64(42(2)3)77(114)94-29-19-24-57(94)71(108)81-43(4)66(103)83-51(38-95)39-115-40-62(100)79-36-60(98)88-65(46(7)96)76(113)90(8)37-61(99)84-56(34-63(101)102)74(111)93(11)59(32-48-22-17-14-18-23-48)75(112)92(10)58(31-47-20-15-13-16-21-47)72(109)82-44(5)73(110)91(9)45(6)67(104)86-55(33-50-35-78-41-80-50)70(107)87-54(69(106)85-53)30-49-25-27-52(97)28-26-49/h13-18,20-23,25-28,35,38,41-46,51,53-59,64-65,96-97H,12,19,24,29-34,36-37,39-40H2,1-11H3,(H,78,80)(H,79,100)(H,81,108)(H,82,109)(H,83,103)(H,84,99)(H,85,106)(H,86,104)(H,87,107)(H,88,98)(H,89,105)(H,101,102)/t43-,44-,45-,46+,51+,53-,54-,55-,56-,57-,58-,59-,64?,65?/m0/s1. The summed E-state index contributed by atoms with van der Waals surface area (Å²) in [5, 5.41) is 56.4. The highest BCUT2D eigenvalue weighted by atomic mass is 32.2. The monoisotopic (exact) mass is 1620 g/mol. The van der Waals surface area contributed by atoms with E-state index < -0.39 is 205 Å². The molecule has 1 aromatic heterocycles. The number of phenols is 1. The number of H-pyrrole nitrogens is 1. The number of carbonyl (C=O) groups excluding carboxylic acids is 16. The lowest BCUT2D eigenvalue weighted by molar-refractivity contribution is -0.150. The number of nitrogens with one attached hydrogen (secondary N) is 11. The van der Waals surface area contributed by atoms with Gasteiger partial charge in [0.15, 0.2) is 0 Å². The van der Waals surface area contributed by atoms with E-state index in [1.807, 2.05) is 0 Å². The number of aliphatic hydroxyl groups excluding tert-OH is 1. The molecule has 624 valence electrons. The predicted octanol–water partition coefficient (Wildman–Crippen LogP) is -3.28. The summed E-state index contributed by atoms with van der Waals surface area (Å²) in [7, 11) is 4.82. The molecular formula is C77H105N17O20S. The highest BCUT2D eigenvalue weighted by Crippen LogP contribution is 2.23. The Labute approximate surface area is 669 Å². The Kier molecular flexibility index (Phi) is 35.2. The first-order chi connectivity index (χ1) is 54.4. The van der Waals surface area contributed by atoms with Crippen molar-refractivity contribution in [3.63, 3.8) is 0 Å². The Morgan fingerprint density at radius 3 is 1.70 bits per heavy atom. The molecule has 0 radical (unpaired) electrons. The van der Waals surface area contributed by atoms with E-state index in [0.29, 0.717) is 35.1 Å². The van der Waals surface area contributed by atoms with Crippen molar-refractivity contribution >= 4 is 113 Å². The second-order valence-electron chi connectivity index (χ2n) is 28.8. The maximum atomic E-state index is 15.3. The van der Waals surface area contributed by atoms with Crippen molar-refractivity contribution in [2.45, 2.75) is 184 Å². The van der Waals surface area contributed by atoms with Crippen LogP contribution in [0.3, 0.4) is 0 Å². The van der Waals surface area contributed by atoms with Gasteiger partial charge >= 0.3 is 5.97 Å². The van der Waals surface area contributed by atoms with Crippen LogP contribution in [0, 0.1) is 5.92 Å². The maximum Gasteiger partial charge on any atom is 0.305 e. The topological polar surface area (TPSA) is 516 Å². The number of phenolic OH excluding ortho intramolecular Hbond substituents is 1. The lowest BCUT2D eigenvalue weighted by Crippen LogP contribution is -2.61. The van der Waals surface area contributed by atoms with E-state index in [4.69, 9.17) is 0 Å². The largest absolute Gasteiger partial charge is 0.508 e. The molecule has 3 aromatic carbocycles. The molecule has 2 fully saturated rings. The second-order valence-corrected chi connectivity index (χ2v) is 29.8. The fourth-order valence-electron chi connectivity index (χ4n) is 12.7. The molecule has 2 unspecified atom stereocenters. The zero-order chi connectivity index (χ0) is 85.1. The fraction of sp³-hybridized carbons (Fsp3) is 0.506. The number of aliphatic carboxylic acids is 1. The van der Waals surface area contributed by atoms with Gasteiger partial charge in [-0.25, -0.2) is 4.98 Å². The van der Waals surface area contributed by atoms with E-state index in [2.05, 4.69) is 63.1 Å². The number of rotatable bonds is 14. The summed E-state index contributed by atoms with van der Waals surface area (Å²) in [6, 6.07) is 3.50. The average molecular weight is 1620 g/mol. The summed E-state index contributed by atoms with van der Waals surface area (Å²) in [6.07, 6.45) is -0.111. The Morgan fingerprint density at radius 1 is 0.557 bits per heavy atom. The van der Waals surface area contributed by atoms with Gasteiger partial charge in [-0.3, -0.25) is 76.7 Å². The van der Waals surface area contributed by atoms with Crippen LogP contribution < -0.4 is 53.2 Å². The predicted molar refractivity (Wildman–Crippen MR) is 416 cm³/mol. The molecule has 4 aromatic rings. The van der Waals surface area contributed by atoms with Gasteiger partial charge in [0.05, 0.1) is 43.7 Å². The molecule has 0 spiro atoms. The lowest BCUT2D eigenvalue weighted by atomic mass is 9.99. The Morgan fingerprint density at radius 2 is 1.12 bits per heavy atom. The SMILES string of the molecule is CC[C@@H]1NC(=O)[C@H](Cc2ccc(O)cc2)NC(=O)[C@H](Cc2cnc[nH]2)NC(=O)[C@H](C)N(C)C(=O)[C@H](C)NC(=O)[C@H](Cc2ccccc2)N(C)C(=O)[C@H](Cc2ccccc2)N(C)C(=O)[C@H](CC(=O)O)NC(=O)CN(C)C(=O)C([C@@H](C)O)NC(=O)CNC(=O)CSC[C@@H](C=O)NC(=O)[C@H](C)NC(=O)[C@@H]2CCCN2C(=O)C(C(C)C)NC1=O. The Bertz CT molecular complexity index is 4100.